The molecule has 0 saturated carbocycles. The van der Waals surface area contributed by atoms with E-state index in [1.54, 1.807) is 43.3 Å². The minimum Gasteiger partial charge on any atom is -0.467 e. The molecule has 0 spiro atoms. The molecule has 0 atom stereocenters. The number of fused-ring (bicyclic) bond motifs is 2. The summed E-state index contributed by atoms with van der Waals surface area (Å²) in [6, 6.07) is 10.1. The molecular formula is C21H19ClN2O6. The Kier molecular flexibility index (Phi) is 5.61. The van der Waals surface area contributed by atoms with E-state index >= 15 is 0 Å². The number of para-hydroxylation sites is 1. The second kappa shape index (κ2) is 8.33. The standard InChI is InChI=1S/C21H19ClN2O6/c1-2-23-20(26)16-5-3-4-6-17(16)24(21(23)27)9-18(25)29-11-14-8-15(22)7-13-10-28-12-30-19(13)14/h3-8H,2,9-12H2,1H3. The van der Waals surface area contributed by atoms with Gasteiger partial charge in [0.15, 0.2) is 6.79 Å². The van der Waals surface area contributed by atoms with E-state index in [0.717, 1.165) is 10.1 Å². The molecule has 0 radical (unpaired) electrons. The third kappa shape index (κ3) is 3.71. The normalized spacial score (nSPS) is 13.0. The van der Waals surface area contributed by atoms with Crippen molar-refractivity contribution >= 4 is 28.5 Å². The van der Waals surface area contributed by atoms with Crippen LogP contribution in [0.5, 0.6) is 5.75 Å². The van der Waals surface area contributed by atoms with Crippen LogP contribution in [0.15, 0.2) is 46.0 Å². The van der Waals surface area contributed by atoms with E-state index in [1.807, 2.05) is 0 Å². The zero-order valence-corrected chi connectivity index (χ0v) is 17.0. The first-order chi connectivity index (χ1) is 14.5. The largest absolute Gasteiger partial charge is 0.467 e. The molecule has 8 nitrogen and oxygen atoms in total. The summed E-state index contributed by atoms with van der Waals surface area (Å²) in [6.07, 6.45) is 0. The number of rotatable bonds is 5. The van der Waals surface area contributed by atoms with Gasteiger partial charge in [-0.25, -0.2) is 4.79 Å². The molecule has 0 fully saturated rings. The van der Waals surface area contributed by atoms with Crippen molar-refractivity contribution in [3.63, 3.8) is 0 Å². The molecule has 1 aromatic heterocycles. The molecule has 2 aromatic carbocycles. The zero-order valence-electron chi connectivity index (χ0n) is 16.2. The monoisotopic (exact) mass is 430 g/mol. The van der Waals surface area contributed by atoms with Gasteiger partial charge in [0, 0.05) is 22.7 Å². The highest BCUT2D eigenvalue weighted by Gasteiger charge is 2.19. The molecule has 0 amide bonds. The molecule has 0 N–H and O–H groups in total. The summed E-state index contributed by atoms with van der Waals surface area (Å²) in [5.41, 5.74) is 0.836. The minimum absolute atomic E-state index is 0.0676. The van der Waals surface area contributed by atoms with Crippen LogP contribution in [0.4, 0.5) is 0 Å². The first-order valence-corrected chi connectivity index (χ1v) is 9.77. The highest BCUT2D eigenvalue weighted by Crippen LogP contribution is 2.32. The number of benzene rings is 2. The first kappa shape index (κ1) is 20.2. The van der Waals surface area contributed by atoms with E-state index in [1.165, 1.54) is 4.57 Å². The van der Waals surface area contributed by atoms with Crippen LogP contribution < -0.4 is 16.0 Å². The highest BCUT2D eigenvalue weighted by molar-refractivity contribution is 6.30. The molecule has 0 aliphatic carbocycles. The molecule has 1 aliphatic heterocycles. The van der Waals surface area contributed by atoms with Gasteiger partial charge < -0.3 is 14.2 Å². The summed E-state index contributed by atoms with van der Waals surface area (Å²) in [5, 5.41) is 0.843. The number of hydrogen-bond acceptors (Lipinski definition) is 6. The van der Waals surface area contributed by atoms with E-state index in [-0.39, 0.29) is 32.0 Å². The van der Waals surface area contributed by atoms with E-state index in [4.69, 9.17) is 25.8 Å². The zero-order chi connectivity index (χ0) is 21.3. The van der Waals surface area contributed by atoms with E-state index in [2.05, 4.69) is 0 Å². The van der Waals surface area contributed by atoms with Gasteiger partial charge in [-0.15, -0.1) is 0 Å². The Morgan fingerprint density at radius 1 is 1.20 bits per heavy atom. The summed E-state index contributed by atoms with van der Waals surface area (Å²) in [4.78, 5) is 37.8. The molecular weight excluding hydrogens is 412 g/mol. The van der Waals surface area contributed by atoms with Gasteiger partial charge in [0.05, 0.1) is 17.5 Å². The average molecular weight is 431 g/mol. The summed E-state index contributed by atoms with van der Waals surface area (Å²) < 4.78 is 18.5. The van der Waals surface area contributed by atoms with Gasteiger partial charge >= 0.3 is 11.7 Å². The fourth-order valence-corrected chi connectivity index (χ4v) is 3.76. The van der Waals surface area contributed by atoms with Crippen molar-refractivity contribution in [2.75, 3.05) is 6.79 Å². The summed E-state index contributed by atoms with van der Waals surface area (Å²) in [6.45, 7) is 1.97. The molecule has 0 unspecified atom stereocenters. The fourth-order valence-electron chi connectivity index (χ4n) is 3.50. The third-order valence-corrected chi connectivity index (χ3v) is 5.09. The van der Waals surface area contributed by atoms with E-state index in [0.29, 0.717) is 33.8 Å². The first-order valence-electron chi connectivity index (χ1n) is 9.39. The molecule has 9 heteroatoms. The maximum absolute atomic E-state index is 12.7. The summed E-state index contributed by atoms with van der Waals surface area (Å²) in [5.74, 6) is -0.0371. The predicted molar refractivity (Wildman–Crippen MR) is 110 cm³/mol. The summed E-state index contributed by atoms with van der Waals surface area (Å²) in [7, 11) is 0. The predicted octanol–water partition coefficient (Wildman–Crippen LogP) is 2.45. The van der Waals surface area contributed by atoms with Crippen molar-refractivity contribution in [1.82, 2.24) is 9.13 Å². The molecule has 30 heavy (non-hydrogen) atoms. The van der Waals surface area contributed by atoms with Crippen LogP contribution in [0.25, 0.3) is 10.9 Å². The van der Waals surface area contributed by atoms with Crippen LogP contribution in [0, 0.1) is 0 Å². The van der Waals surface area contributed by atoms with Crippen molar-refractivity contribution in [3.8, 4) is 5.75 Å². The lowest BCUT2D eigenvalue weighted by molar-refractivity contribution is -0.145. The Bertz CT molecular complexity index is 1250. The Balaban J connectivity index is 1.60. The fraction of sp³-hybridized carbons (Fsp3) is 0.286. The minimum atomic E-state index is -0.621. The molecule has 0 saturated heterocycles. The Labute approximate surface area is 176 Å². The molecule has 156 valence electrons. The van der Waals surface area contributed by atoms with Crippen LogP contribution in [0.3, 0.4) is 0 Å². The van der Waals surface area contributed by atoms with Gasteiger partial charge in [-0.2, -0.15) is 0 Å². The molecule has 0 bridgehead atoms. The Morgan fingerprint density at radius 3 is 2.80 bits per heavy atom. The lowest BCUT2D eigenvalue weighted by atomic mass is 10.1. The van der Waals surface area contributed by atoms with Crippen LogP contribution in [0.1, 0.15) is 18.1 Å². The smallest absolute Gasteiger partial charge is 0.332 e. The number of esters is 1. The topological polar surface area (TPSA) is 88.8 Å². The van der Waals surface area contributed by atoms with Crippen LogP contribution >= 0.6 is 11.6 Å². The number of hydrogen-bond donors (Lipinski definition) is 0. The van der Waals surface area contributed by atoms with Gasteiger partial charge in [-0.05, 0) is 31.2 Å². The number of ether oxygens (including phenoxy) is 3. The van der Waals surface area contributed by atoms with Gasteiger partial charge in [-0.1, -0.05) is 23.7 Å². The van der Waals surface area contributed by atoms with Crippen molar-refractivity contribution in [1.29, 1.82) is 0 Å². The lowest BCUT2D eigenvalue weighted by Crippen LogP contribution is -2.40. The van der Waals surface area contributed by atoms with Crippen LogP contribution in [-0.2, 0) is 40.6 Å². The maximum Gasteiger partial charge on any atom is 0.332 e. The molecule has 2 heterocycles. The number of aromatic nitrogens is 2. The van der Waals surface area contributed by atoms with Crippen molar-refractivity contribution in [2.45, 2.75) is 33.2 Å². The van der Waals surface area contributed by atoms with Gasteiger partial charge in [-0.3, -0.25) is 18.7 Å². The summed E-state index contributed by atoms with van der Waals surface area (Å²) >= 11 is 6.13. The quantitative estimate of drug-likeness (QED) is 0.578. The molecule has 4 rings (SSSR count). The Morgan fingerprint density at radius 2 is 2.00 bits per heavy atom. The number of carbonyl (C=O) groups excluding carboxylic acids is 1. The molecule has 1 aliphatic rings. The van der Waals surface area contributed by atoms with Gasteiger partial charge in [0.25, 0.3) is 5.56 Å². The SMILES string of the molecule is CCn1c(=O)c2ccccc2n(CC(=O)OCc2cc(Cl)cc3c2OCOC3)c1=O. The van der Waals surface area contributed by atoms with Crippen molar-refractivity contribution in [2.24, 2.45) is 0 Å². The maximum atomic E-state index is 12.7. The van der Waals surface area contributed by atoms with Crippen molar-refractivity contribution < 1.29 is 19.0 Å². The lowest BCUT2D eigenvalue weighted by Gasteiger charge is -2.21. The van der Waals surface area contributed by atoms with E-state index in [9.17, 15) is 14.4 Å². The average Bonchev–Trinajstić information content (AvgIpc) is 2.75. The molecule has 3 aromatic rings. The number of carbonyl (C=O) groups is 1. The second-order valence-corrected chi connectivity index (χ2v) is 7.20. The second-order valence-electron chi connectivity index (χ2n) is 6.76. The van der Waals surface area contributed by atoms with Crippen LogP contribution in [0.2, 0.25) is 5.02 Å². The number of nitrogens with zero attached hydrogens (tertiary/aromatic N) is 2. The van der Waals surface area contributed by atoms with Gasteiger partial charge in [0.1, 0.15) is 18.9 Å². The number of halogens is 1. The van der Waals surface area contributed by atoms with Gasteiger partial charge in [0.2, 0.25) is 0 Å². The highest BCUT2D eigenvalue weighted by atomic mass is 35.5. The Hall–Kier alpha value is -3.10. The third-order valence-electron chi connectivity index (χ3n) is 4.88. The van der Waals surface area contributed by atoms with Crippen LogP contribution in [-0.4, -0.2) is 21.9 Å². The van der Waals surface area contributed by atoms with E-state index < -0.39 is 11.7 Å². The van der Waals surface area contributed by atoms with Crippen molar-refractivity contribution in [3.05, 3.63) is 73.4 Å².